The van der Waals surface area contributed by atoms with E-state index in [1.165, 1.54) is 0 Å². The Kier molecular flexibility index (Phi) is 5.30. The summed E-state index contributed by atoms with van der Waals surface area (Å²) in [5, 5.41) is 2.90. The lowest BCUT2D eigenvalue weighted by Gasteiger charge is -2.32. The molecule has 0 saturated carbocycles. The van der Waals surface area contributed by atoms with Crippen LogP contribution in [0.1, 0.15) is 48.0 Å². The number of carbonyl (C=O) groups is 1. The van der Waals surface area contributed by atoms with Crippen molar-refractivity contribution in [3.8, 4) is 5.75 Å². The van der Waals surface area contributed by atoms with E-state index in [9.17, 15) is 4.79 Å². The summed E-state index contributed by atoms with van der Waals surface area (Å²) in [6.45, 7) is 12.1. The van der Waals surface area contributed by atoms with E-state index in [1.807, 2.05) is 59.7 Å². The Labute approximate surface area is 145 Å². The third-order valence-corrected chi connectivity index (χ3v) is 4.62. The second kappa shape index (κ2) is 6.77. The smallest absolute Gasteiger partial charge is 0.494 e. The molecule has 2 rings (SSSR count). The monoisotopic (exact) mass is 333 g/mol. The molecule has 1 fully saturated rings. The van der Waals surface area contributed by atoms with Gasteiger partial charge in [0.05, 0.1) is 24.0 Å². The van der Waals surface area contributed by atoms with E-state index in [-0.39, 0.29) is 5.91 Å². The van der Waals surface area contributed by atoms with Gasteiger partial charge in [0.1, 0.15) is 5.75 Å². The molecule has 5 nitrogen and oxygen atoms in total. The zero-order valence-electron chi connectivity index (χ0n) is 15.7. The van der Waals surface area contributed by atoms with Crippen LogP contribution in [0.2, 0.25) is 0 Å². The number of hydrogen-bond donors (Lipinski definition) is 1. The number of hydrogen-bond acceptors (Lipinski definition) is 4. The Morgan fingerprint density at radius 2 is 1.79 bits per heavy atom. The SMILES string of the molecule is COc1cc(B2OC(C)(C)C(C)(C)O2)ccc1NC(=O)CC(C)C. The summed E-state index contributed by atoms with van der Waals surface area (Å²) in [4.78, 5) is 12.0. The summed E-state index contributed by atoms with van der Waals surface area (Å²) in [5.74, 6) is 0.881. The van der Waals surface area contributed by atoms with Gasteiger partial charge in [-0.05, 0) is 51.2 Å². The second-order valence-corrected chi connectivity index (χ2v) is 7.69. The molecule has 1 amide bonds. The van der Waals surface area contributed by atoms with Crippen LogP contribution in [0.3, 0.4) is 0 Å². The maximum atomic E-state index is 12.0. The molecule has 1 aliphatic heterocycles. The van der Waals surface area contributed by atoms with Crippen molar-refractivity contribution < 1.29 is 18.8 Å². The van der Waals surface area contributed by atoms with Gasteiger partial charge in [0.2, 0.25) is 5.91 Å². The van der Waals surface area contributed by atoms with Crippen LogP contribution < -0.4 is 15.5 Å². The summed E-state index contributed by atoms with van der Waals surface area (Å²) in [6.07, 6.45) is 0.474. The van der Waals surface area contributed by atoms with Crippen molar-refractivity contribution in [2.45, 2.75) is 59.2 Å². The maximum Gasteiger partial charge on any atom is 0.494 e. The topological polar surface area (TPSA) is 56.8 Å². The van der Waals surface area contributed by atoms with Gasteiger partial charge in [0, 0.05) is 6.42 Å². The van der Waals surface area contributed by atoms with Gasteiger partial charge in [0.25, 0.3) is 0 Å². The van der Waals surface area contributed by atoms with Gasteiger partial charge in [-0.15, -0.1) is 0 Å². The molecule has 0 aliphatic carbocycles. The number of nitrogens with one attached hydrogen (secondary N) is 1. The van der Waals surface area contributed by atoms with Crippen LogP contribution >= 0.6 is 0 Å². The van der Waals surface area contributed by atoms with Crippen molar-refractivity contribution in [2.24, 2.45) is 5.92 Å². The standard InChI is InChI=1S/C18H28BNO4/c1-12(2)10-16(21)20-14-9-8-13(11-15(14)22-7)19-23-17(3,4)18(5,6)24-19/h8-9,11-12H,10H2,1-7H3,(H,20,21). The van der Waals surface area contributed by atoms with Crippen molar-refractivity contribution in [1.29, 1.82) is 0 Å². The Morgan fingerprint density at radius 1 is 1.21 bits per heavy atom. The molecule has 1 aromatic rings. The fourth-order valence-corrected chi connectivity index (χ4v) is 2.51. The quantitative estimate of drug-likeness (QED) is 0.842. The van der Waals surface area contributed by atoms with E-state index in [0.717, 1.165) is 5.46 Å². The molecule has 1 aliphatic rings. The molecule has 0 aromatic heterocycles. The molecular formula is C18H28BNO4. The summed E-state index contributed by atoms with van der Waals surface area (Å²) >= 11 is 0. The largest absolute Gasteiger partial charge is 0.495 e. The van der Waals surface area contributed by atoms with Gasteiger partial charge >= 0.3 is 7.12 Å². The molecule has 132 valence electrons. The van der Waals surface area contributed by atoms with Crippen molar-refractivity contribution in [2.75, 3.05) is 12.4 Å². The first-order valence-electron chi connectivity index (χ1n) is 8.39. The number of carbonyl (C=O) groups excluding carboxylic acids is 1. The number of methoxy groups -OCH3 is 1. The van der Waals surface area contributed by atoms with Gasteiger partial charge in [-0.1, -0.05) is 19.9 Å². The molecule has 1 aromatic carbocycles. The Hall–Kier alpha value is -1.53. The van der Waals surface area contributed by atoms with E-state index < -0.39 is 18.3 Å². The number of amides is 1. The van der Waals surface area contributed by atoms with Crippen molar-refractivity contribution in [1.82, 2.24) is 0 Å². The Balaban J connectivity index is 2.19. The number of rotatable bonds is 5. The minimum absolute atomic E-state index is 0.0216. The van der Waals surface area contributed by atoms with Gasteiger partial charge in [-0.25, -0.2) is 0 Å². The highest BCUT2D eigenvalue weighted by molar-refractivity contribution is 6.62. The average molecular weight is 333 g/mol. The number of anilines is 1. The maximum absolute atomic E-state index is 12.0. The first kappa shape index (κ1) is 18.8. The van der Waals surface area contributed by atoms with Crippen molar-refractivity contribution >= 4 is 24.2 Å². The molecule has 0 spiro atoms. The highest BCUT2D eigenvalue weighted by atomic mass is 16.7. The predicted molar refractivity (Wildman–Crippen MR) is 96.8 cm³/mol. The van der Waals surface area contributed by atoms with Gasteiger partial charge < -0.3 is 19.4 Å². The first-order valence-corrected chi connectivity index (χ1v) is 8.39. The van der Waals surface area contributed by atoms with Crippen LogP contribution in [0.5, 0.6) is 5.75 Å². The van der Waals surface area contributed by atoms with Gasteiger partial charge in [-0.3, -0.25) is 4.79 Å². The van der Waals surface area contributed by atoms with E-state index in [4.69, 9.17) is 14.0 Å². The normalized spacial score (nSPS) is 18.8. The molecule has 0 atom stereocenters. The van der Waals surface area contributed by atoms with Crippen molar-refractivity contribution in [3.05, 3.63) is 18.2 Å². The summed E-state index contributed by atoms with van der Waals surface area (Å²) in [5.41, 5.74) is 0.736. The van der Waals surface area contributed by atoms with Gasteiger partial charge in [-0.2, -0.15) is 0 Å². The lowest BCUT2D eigenvalue weighted by Crippen LogP contribution is -2.41. The van der Waals surface area contributed by atoms with Gasteiger partial charge in [0.15, 0.2) is 0 Å². The molecule has 6 heteroatoms. The van der Waals surface area contributed by atoms with E-state index in [2.05, 4.69) is 5.32 Å². The highest BCUT2D eigenvalue weighted by Gasteiger charge is 2.51. The minimum Gasteiger partial charge on any atom is -0.495 e. The molecule has 0 unspecified atom stereocenters. The lowest BCUT2D eigenvalue weighted by atomic mass is 9.79. The van der Waals surface area contributed by atoms with Crippen molar-refractivity contribution in [3.63, 3.8) is 0 Å². The predicted octanol–water partition coefficient (Wildman–Crippen LogP) is 2.98. The zero-order valence-corrected chi connectivity index (χ0v) is 15.7. The second-order valence-electron chi connectivity index (χ2n) is 7.69. The lowest BCUT2D eigenvalue weighted by molar-refractivity contribution is -0.116. The van der Waals surface area contributed by atoms with E-state index >= 15 is 0 Å². The van der Waals surface area contributed by atoms with Crippen LogP contribution in [0.15, 0.2) is 18.2 Å². The van der Waals surface area contributed by atoms with Crippen LogP contribution in [0.4, 0.5) is 5.69 Å². The van der Waals surface area contributed by atoms with Crippen LogP contribution in [-0.4, -0.2) is 31.3 Å². The van der Waals surface area contributed by atoms with Crippen LogP contribution in [0.25, 0.3) is 0 Å². The molecule has 24 heavy (non-hydrogen) atoms. The molecule has 1 N–H and O–H groups in total. The number of ether oxygens (including phenoxy) is 1. The van der Waals surface area contributed by atoms with Crippen LogP contribution in [-0.2, 0) is 14.1 Å². The molecule has 0 bridgehead atoms. The molecule has 1 heterocycles. The zero-order chi connectivity index (χ0) is 18.1. The summed E-state index contributed by atoms with van der Waals surface area (Å²) in [6, 6.07) is 5.58. The Bertz CT molecular complexity index is 597. The van der Waals surface area contributed by atoms with E-state index in [1.54, 1.807) is 7.11 Å². The molecule has 0 radical (unpaired) electrons. The highest BCUT2D eigenvalue weighted by Crippen LogP contribution is 2.37. The van der Waals surface area contributed by atoms with E-state index in [0.29, 0.717) is 23.8 Å². The molecular weight excluding hydrogens is 305 g/mol. The third kappa shape index (κ3) is 3.93. The molecule has 1 saturated heterocycles. The van der Waals surface area contributed by atoms with Crippen LogP contribution in [0, 0.1) is 5.92 Å². The summed E-state index contributed by atoms with van der Waals surface area (Å²) < 4.78 is 17.5. The fraction of sp³-hybridized carbons (Fsp3) is 0.611. The third-order valence-electron chi connectivity index (χ3n) is 4.62. The number of benzene rings is 1. The first-order chi connectivity index (χ1) is 11.1. The minimum atomic E-state index is -0.454. The Morgan fingerprint density at radius 3 is 2.29 bits per heavy atom. The fourth-order valence-electron chi connectivity index (χ4n) is 2.51. The summed E-state index contributed by atoms with van der Waals surface area (Å²) in [7, 11) is 1.13. The average Bonchev–Trinajstić information content (AvgIpc) is 2.66.